The molecule has 0 fully saturated rings. The van der Waals surface area contributed by atoms with Crippen molar-refractivity contribution in [1.29, 1.82) is 0 Å². The van der Waals surface area contributed by atoms with E-state index in [1.165, 1.54) is 0 Å². The van der Waals surface area contributed by atoms with Crippen LogP contribution in [0.25, 0.3) is 0 Å². The highest BCUT2D eigenvalue weighted by Crippen LogP contribution is 2.38. The van der Waals surface area contributed by atoms with Crippen molar-refractivity contribution in [3.63, 3.8) is 0 Å². The fourth-order valence-electron chi connectivity index (χ4n) is 4.73. The quantitative estimate of drug-likeness (QED) is 0.320. The second-order valence-electron chi connectivity index (χ2n) is 9.42. The van der Waals surface area contributed by atoms with Crippen LogP contribution in [0.5, 0.6) is 0 Å². The molecule has 1 aromatic heterocycles. The van der Waals surface area contributed by atoms with Gasteiger partial charge in [-0.25, -0.2) is 4.68 Å². The second kappa shape index (κ2) is 9.78. The summed E-state index contributed by atoms with van der Waals surface area (Å²) >= 11 is 0. The molecule has 186 valence electrons. The lowest BCUT2D eigenvalue weighted by Gasteiger charge is -2.30. The summed E-state index contributed by atoms with van der Waals surface area (Å²) in [6.07, 6.45) is 1.54. The van der Waals surface area contributed by atoms with Crippen LogP contribution < -0.4 is 16.0 Å². The van der Waals surface area contributed by atoms with E-state index in [0.29, 0.717) is 28.3 Å². The summed E-state index contributed by atoms with van der Waals surface area (Å²) < 4.78 is 1.72. The monoisotopic (exact) mass is 491 g/mol. The zero-order valence-electron chi connectivity index (χ0n) is 21.3. The van der Waals surface area contributed by atoms with Crippen LogP contribution in [0, 0.1) is 20.8 Å². The first-order valence-corrected chi connectivity index (χ1v) is 12.2. The molecule has 4 aromatic rings. The number of carbonyl (C=O) groups excluding carboxylic acids is 2. The van der Waals surface area contributed by atoms with Gasteiger partial charge in [-0.15, -0.1) is 0 Å². The first-order chi connectivity index (χ1) is 17.8. The minimum absolute atomic E-state index is 0.222. The van der Waals surface area contributed by atoms with Gasteiger partial charge in [0, 0.05) is 17.1 Å². The highest BCUT2D eigenvalue weighted by Gasteiger charge is 2.35. The normalized spacial score (nSPS) is 14.5. The predicted molar refractivity (Wildman–Crippen MR) is 147 cm³/mol. The van der Waals surface area contributed by atoms with Gasteiger partial charge < -0.3 is 16.0 Å². The van der Waals surface area contributed by atoms with Crippen LogP contribution in [-0.2, 0) is 4.79 Å². The van der Waals surface area contributed by atoms with Crippen molar-refractivity contribution >= 4 is 29.0 Å². The van der Waals surface area contributed by atoms with Gasteiger partial charge in [0.1, 0.15) is 17.4 Å². The number of amides is 2. The van der Waals surface area contributed by atoms with Gasteiger partial charge in [0.15, 0.2) is 0 Å². The smallest absolute Gasteiger partial charge is 0.261 e. The molecule has 0 saturated carbocycles. The molecule has 2 amide bonds. The van der Waals surface area contributed by atoms with E-state index in [1.54, 1.807) is 10.9 Å². The first-order valence-electron chi connectivity index (χ1n) is 12.2. The Labute approximate surface area is 216 Å². The minimum atomic E-state index is -0.514. The highest BCUT2D eigenvalue weighted by atomic mass is 16.2. The predicted octanol–water partition coefficient (Wildman–Crippen LogP) is 5.99. The van der Waals surface area contributed by atoms with Crippen LogP contribution >= 0.6 is 0 Å². The Hall–Kier alpha value is -4.65. The average Bonchev–Trinajstić information content (AvgIpc) is 3.29. The number of nitrogens with zero attached hydrogens (tertiary/aromatic N) is 2. The number of nitrogens with one attached hydrogen (secondary N) is 3. The summed E-state index contributed by atoms with van der Waals surface area (Å²) in [6.45, 7) is 7.87. The third kappa shape index (κ3) is 4.76. The molecule has 0 aliphatic carbocycles. The maximum absolute atomic E-state index is 13.7. The Morgan fingerprint density at radius 2 is 1.59 bits per heavy atom. The number of aryl methyl sites for hydroxylation is 3. The van der Waals surface area contributed by atoms with Gasteiger partial charge in [-0.1, -0.05) is 65.7 Å². The molecule has 1 aliphatic rings. The molecule has 3 aromatic carbocycles. The molecule has 5 rings (SSSR count). The van der Waals surface area contributed by atoms with Crippen molar-refractivity contribution in [2.45, 2.75) is 33.7 Å². The Balaban J connectivity index is 1.55. The van der Waals surface area contributed by atoms with Crippen molar-refractivity contribution in [3.8, 4) is 0 Å². The number of allylic oxidation sites excluding steroid dienone is 1. The van der Waals surface area contributed by atoms with Gasteiger partial charge in [-0.2, -0.15) is 5.10 Å². The number of fused-ring (bicyclic) bond motifs is 1. The number of benzene rings is 3. The van der Waals surface area contributed by atoms with Gasteiger partial charge >= 0.3 is 0 Å². The van der Waals surface area contributed by atoms with Crippen LogP contribution in [-0.4, -0.2) is 21.6 Å². The molecule has 1 aliphatic heterocycles. The van der Waals surface area contributed by atoms with Gasteiger partial charge in [0.05, 0.1) is 11.8 Å². The number of hydrogen-bond donors (Lipinski definition) is 3. The minimum Gasteiger partial charge on any atom is -0.343 e. The van der Waals surface area contributed by atoms with Crippen LogP contribution in [0.15, 0.2) is 90.3 Å². The number of anilines is 3. The number of carbonyl (C=O) groups is 2. The van der Waals surface area contributed by atoms with E-state index >= 15 is 0 Å². The molecule has 0 spiro atoms. The molecule has 3 N–H and O–H groups in total. The summed E-state index contributed by atoms with van der Waals surface area (Å²) in [5.74, 6) is 0.0410. The SMILES string of the molecule is CC1=C(C(=O)Nc2ccc(C)cc2C)[C@H](c2cccc(C)c2)n2ncc(C(=O)Nc3ccccc3)c2N1. The molecule has 0 unspecified atom stereocenters. The lowest BCUT2D eigenvalue weighted by Crippen LogP contribution is -2.32. The molecule has 37 heavy (non-hydrogen) atoms. The summed E-state index contributed by atoms with van der Waals surface area (Å²) in [5.41, 5.74) is 7.14. The third-order valence-corrected chi connectivity index (χ3v) is 6.53. The number of hydrogen-bond acceptors (Lipinski definition) is 4. The van der Waals surface area contributed by atoms with Crippen LogP contribution in [0.4, 0.5) is 17.2 Å². The zero-order chi connectivity index (χ0) is 26.1. The van der Waals surface area contributed by atoms with Gasteiger partial charge in [0.2, 0.25) is 0 Å². The third-order valence-electron chi connectivity index (χ3n) is 6.53. The van der Waals surface area contributed by atoms with Crippen molar-refractivity contribution in [2.75, 3.05) is 16.0 Å². The van der Waals surface area contributed by atoms with E-state index < -0.39 is 6.04 Å². The van der Waals surface area contributed by atoms with Crippen molar-refractivity contribution in [1.82, 2.24) is 9.78 Å². The second-order valence-corrected chi connectivity index (χ2v) is 9.42. The van der Waals surface area contributed by atoms with Crippen LogP contribution in [0.1, 0.15) is 45.6 Å². The van der Waals surface area contributed by atoms with E-state index in [9.17, 15) is 9.59 Å². The Bertz CT molecular complexity index is 1530. The maximum Gasteiger partial charge on any atom is 0.261 e. The van der Waals surface area contributed by atoms with Crippen molar-refractivity contribution in [3.05, 3.63) is 118 Å². The molecule has 7 heteroatoms. The van der Waals surface area contributed by atoms with Crippen LogP contribution in [0.3, 0.4) is 0 Å². The van der Waals surface area contributed by atoms with Crippen molar-refractivity contribution in [2.24, 2.45) is 0 Å². The van der Waals surface area contributed by atoms with Crippen molar-refractivity contribution < 1.29 is 9.59 Å². The molecule has 2 heterocycles. The fourth-order valence-corrected chi connectivity index (χ4v) is 4.73. The maximum atomic E-state index is 13.7. The Kier molecular flexibility index (Phi) is 6.36. The van der Waals surface area contributed by atoms with E-state index in [4.69, 9.17) is 0 Å². The zero-order valence-corrected chi connectivity index (χ0v) is 21.3. The molecular weight excluding hydrogens is 462 g/mol. The molecule has 0 bridgehead atoms. The number of rotatable bonds is 5. The molecule has 0 saturated heterocycles. The van der Waals surface area contributed by atoms with Gasteiger partial charge in [-0.3, -0.25) is 9.59 Å². The van der Waals surface area contributed by atoms with E-state index in [2.05, 4.69) is 21.0 Å². The van der Waals surface area contributed by atoms with E-state index in [0.717, 1.165) is 27.9 Å². The highest BCUT2D eigenvalue weighted by molar-refractivity contribution is 6.09. The Morgan fingerprint density at radius 3 is 2.32 bits per heavy atom. The van der Waals surface area contributed by atoms with E-state index in [-0.39, 0.29) is 11.8 Å². The number of para-hydroxylation sites is 1. The largest absolute Gasteiger partial charge is 0.343 e. The molecule has 1 atom stereocenters. The fraction of sp³-hybridized carbons (Fsp3) is 0.167. The number of aromatic nitrogens is 2. The lowest BCUT2D eigenvalue weighted by molar-refractivity contribution is -0.113. The summed E-state index contributed by atoms with van der Waals surface area (Å²) in [7, 11) is 0. The molecular formula is C30H29N5O2. The summed E-state index contributed by atoms with van der Waals surface area (Å²) in [6, 6.07) is 22.7. The first kappa shape index (κ1) is 24.1. The standard InChI is InChI=1S/C30H29N5O2/c1-18-9-8-10-22(16-18)27-26(30(37)34-25-14-13-19(2)15-20(25)3)21(4)32-28-24(17-31-35(27)28)29(36)33-23-11-6-5-7-12-23/h5-17,27,32H,1-4H3,(H,33,36)(H,34,37)/t27-/m0/s1. The topological polar surface area (TPSA) is 88.0 Å². The average molecular weight is 492 g/mol. The van der Waals surface area contributed by atoms with Crippen LogP contribution in [0.2, 0.25) is 0 Å². The summed E-state index contributed by atoms with van der Waals surface area (Å²) in [5, 5.41) is 13.9. The van der Waals surface area contributed by atoms with E-state index in [1.807, 2.05) is 100 Å². The van der Waals surface area contributed by atoms with Gasteiger partial charge in [-0.05, 0) is 57.0 Å². The Morgan fingerprint density at radius 1 is 0.838 bits per heavy atom. The molecule has 0 radical (unpaired) electrons. The lowest BCUT2D eigenvalue weighted by atomic mass is 9.93. The summed E-state index contributed by atoms with van der Waals surface area (Å²) in [4.78, 5) is 26.9. The molecule has 7 nitrogen and oxygen atoms in total. The van der Waals surface area contributed by atoms with Gasteiger partial charge in [0.25, 0.3) is 11.8 Å².